The topological polar surface area (TPSA) is 168 Å². The summed E-state index contributed by atoms with van der Waals surface area (Å²) in [6.45, 7) is 5.17. The highest BCUT2D eigenvalue weighted by Gasteiger charge is 2.21. The van der Waals surface area contributed by atoms with Gasteiger partial charge in [0.25, 0.3) is 5.69 Å². The molecule has 0 saturated carbocycles. The standard InChI is InChI=1S/C22H23N7O6/c1-14(17-6-8-23-9-7-17)26-35-20-12-18(11-19(13-20)28(31)32)24-21(30)5-4-10-27-16(3)22(29(33)34)15(2)25-27/h6-9,11-13H,4-5,10H2,1-3H3,(H,24,30)/b26-14+. The summed E-state index contributed by atoms with van der Waals surface area (Å²) in [5.74, 6) is -0.304. The van der Waals surface area contributed by atoms with Crippen molar-refractivity contribution in [2.75, 3.05) is 5.32 Å². The third-order valence-electron chi connectivity index (χ3n) is 5.07. The van der Waals surface area contributed by atoms with Crippen molar-refractivity contribution in [2.24, 2.45) is 5.16 Å². The van der Waals surface area contributed by atoms with Gasteiger partial charge in [0.2, 0.25) is 5.91 Å². The number of nitro benzene ring substituents is 1. The van der Waals surface area contributed by atoms with Gasteiger partial charge >= 0.3 is 5.69 Å². The van der Waals surface area contributed by atoms with E-state index in [9.17, 15) is 25.0 Å². The van der Waals surface area contributed by atoms with Crippen molar-refractivity contribution in [2.45, 2.75) is 40.2 Å². The quantitative estimate of drug-likeness (QED) is 0.258. The van der Waals surface area contributed by atoms with Gasteiger partial charge in [0.15, 0.2) is 5.75 Å². The van der Waals surface area contributed by atoms with E-state index in [1.54, 1.807) is 45.3 Å². The number of aromatic nitrogens is 3. The Hall–Kier alpha value is -4.68. The van der Waals surface area contributed by atoms with Gasteiger partial charge in [-0.2, -0.15) is 5.10 Å². The monoisotopic (exact) mass is 481 g/mol. The highest BCUT2D eigenvalue weighted by molar-refractivity contribution is 5.98. The van der Waals surface area contributed by atoms with Crippen LogP contribution < -0.4 is 10.2 Å². The number of carbonyl (C=O) groups is 1. The number of anilines is 1. The number of aryl methyl sites for hydroxylation is 2. The maximum atomic E-state index is 12.4. The Bertz CT molecular complexity index is 1290. The van der Waals surface area contributed by atoms with E-state index in [0.717, 1.165) is 5.56 Å². The second kappa shape index (κ2) is 11.0. The second-order valence-electron chi connectivity index (χ2n) is 7.63. The lowest BCUT2D eigenvalue weighted by atomic mass is 10.2. The normalized spacial score (nSPS) is 11.2. The van der Waals surface area contributed by atoms with E-state index in [2.05, 4.69) is 20.6 Å². The van der Waals surface area contributed by atoms with Crippen molar-refractivity contribution in [3.8, 4) is 5.75 Å². The number of pyridine rings is 1. The average Bonchev–Trinajstić information content (AvgIpc) is 3.10. The number of nitro groups is 2. The third-order valence-corrected chi connectivity index (χ3v) is 5.07. The van der Waals surface area contributed by atoms with E-state index in [4.69, 9.17) is 4.84 Å². The minimum atomic E-state index is -0.600. The lowest BCUT2D eigenvalue weighted by molar-refractivity contribution is -0.386. The Morgan fingerprint density at radius 1 is 1.14 bits per heavy atom. The fraction of sp³-hybridized carbons (Fsp3) is 0.273. The van der Waals surface area contributed by atoms with Gasteiger partial charge in [0.1, 0.15) is 11.4 Å². The first-order chi connectivity index (χ1) is 16.7. The van der Waals surface area contributed by atoms with Crippen LogP contribution in [0.5, 0.6) is 5.75 Å². The van der Waals surface area contributed by atoms with Crippen molar-refractivity contribution in [1.82, 2.24) is 14.8 Å². The molecular weight excluding hydrogens is 458 g/mol. The van der Waals surface area contributed by atoms with E-state index >= 15 is 0 Å². The zero-order valence-electron chi connectivity index (χ0n) is 19.3. The first kappa shape index (κ1) is 25.0. The van der Waals surface area contributed by atoms with E-state index in [1.807, 2.05) is 0 Å². The molecule has 0 fully saturated rings. The number of carbonyl (C=O) groups excluding carboxylic acids is 1. The summed E-state index contributed by atoms with van der Waals surface area (Å²) in [6, 6.07) is 7.33. The predicted octanol–water partition coefficient (Wildman–Crippen LogP) is 3.93. The first-order valence-electron chi connectivity index (χ1n) is 10.6. The molecule has 3 rings (SSSR count). The molecule has 1 N–H and O–H groups in total. The maximum absolute atomic E-state index is 12.4. The third kappa shape index (κ3) is 6.43. The summed E-state index contributed by atoms with van der Waals surface area (Å²) in [7, 11) is 0. The van der Waals surface area contributed by atoms with E-state index < -0.39 is 9.85 Å². The molecule has 182 valence electrons. The fourth-order valence-electron chi connectivity index (χ4n) is 3.36. The summed E-state index contributed by atoms with van der Waals surface area (Å²) < 4.78 is 1.49. The van der Waals surface area contributed by atoms with Crippen LogP contribution in [0.15, 0.2) is 47.9 Å². The zero-order chi connectivity index (χ0) is 25.5. The molecule has 3 aromatic rings. The van der Waals surface area contributed by atoms with Gasteiger partial charge in [0, 0.05) is 43.1 Å². The molecule has 0 aliphatic heterocycles. The highest BCUT2D eigenvalue weighted by atomic mass is 16.6. The van der Waals surface area contributed by atoms with Crippen LogP contribution in [0.1, 0.15) is 36.7 Å². The van der Waals surface area contributed by atoms with Crippen LogP contribution in [0.25, 0.3) is 0 Å². The van der Waals surface area contributed by atoms with Crippen molar-refractivity contribution in [3.63, 3.8) is 0 Å². The van der Waals surface area contributed by atoms with E-state index in [0.29, 0.717) is 30.1 Å². The fourth-order valence-corrected chi connectivity index (χ4v) is 3.36. The molecule has 0 aliphatic rings. The van der Waals surface area contributed by atoms with Crippen molar-refractivity contribution >= 4 is 28.7 Å². The zero-order valence-corrected chi connectivity index (χ0v) is 19.3. The highest BCUT2D eigenvalue weighted by Crippen LogP contribution is 2.27. The first-order valence-corrected chi connectivity index (χ1v) is 10.6. The second-order valence-corrected chi connectivity index (χ2v) is 7.63. The Labute approximate surface area is 199 Å². The molecule has 13 heteroatoms. The molecular formula is C22H23N7O6. The van der Waals surface area contributed by atoms with Gasteiger partial charge in [0.05, 0.1) is 27.3 Å². The predicted molar refractivity (Wildman–Crippen MR) is 126 cm³/mol. The van der Waals surface area contributed by atoms with Crippen LogP contribution in [-0.2, 0) is 11.3 Å². The van der Waals surface area contributed by atoms with Crippen molar-refractivity contribution in [1.29, 1.82) is 0 Å². The molecule has 1 amide bonds. The minimum absolute atomic E-state index is 0.0413. The number of hydrogen-bond donors (Lipinski definition) is 1. The molecule has 0 spiro atoms. The molecule has 0 saturated heterocycles. The molecule has 0 unspecified atom stereocenters. The molecule has 0 atom stereocenters. The summed E-state index contributed by atoms with van der Waals surface area (Å²) in [4.78, 5) is 43.1. The van der Waals surface area contributed by atoms with Gasteiger partial charge in [-0.15, -0.1) is 0 Å². The summed E-state index contributed by atoms with van der Waals surface area (Å²) in [5, 5.41) is 33.2. The molecule has 35 heavy (non-hydrogen) atoms. The number of oxime groups is 1. The molecule has 0 aliphatic carbocycles. The summed E-state index contributed by atoms with van der Waals surface area (Å²) >= 11 is 0. The number of hydrogen-bond acceptors (Lipinski definition) is 9. The van der Waals surface area contributed by atoms with Crippen LogP contribution in [0, 0.1) is 34.1 Å². The van der Waals surface area contributed by atoms with Crippen LogP contribution in [-0.4, -0.2) is 36.2 Å². The van der Waals surface area contributed by atoms with Crippen LogP contribution >= 0.6 is 0 Å². The Kier molecular flexibility index (Phi) is 7.81. The van der Waals surface area contributed by atoms with Crippen LogP contribution in [0.4, 0.5) is 17.1 Å². The molecule has 0 radical (unpaired) electrons. The van der Waals surface area contributed by atoms with Crippen molar-refractivity contribution in [3.05, 3.63) is 79.9 Å². The van der Waals surface area contributed by atoms with Gasteiger partial charge in [-0.25, -0.2) is 0 Å². The number of amides is 1. The molecule has 1 aromatic carbocycles. The summed E-state index contributed by atoms with van der Waals surface area (Å²) in [5.41, 5.74) is 1.89. The van der Waals surface area contributed by atoms with Gasteiger partial charge < -0.3 is 10.2 Å². The number of non-ortho nitro benzene ring substituents is 1. The van der Waals surface area contributed by atoms with Gasteiger partial charge in [-0.05, 0) is 39.3 Å². The molecule has 13 nitrogen and oxygen atoms in total. The molecule has 2 heterocycles. The maximum Gasteiger partial charge on any atom is 0.312 e. The number of benzene rings is 1. The van der Waals surface area contributed by atoms with Crippen molar-refractivity contribution < 1.29 is 19.5 Å². The largest absolute Gasteiger partial charge is 0.356 e. The lowest BCUT2D eigenvalue weighted by Gasteiger charge is -2.08. The minimum Gasteiger partial charge on any atom is -0.356 e. The Morgan fingerprint density at radius 3 is 2.49 bits per heavy atom. The van der Waals surface area contributed by atoms with Gasteiger partial charge in [-0.3, -0.25) is 34.7 Å². The lowest BCUT2D eigenvalue weighted by Crippen LogP contribution is -2.13. The van der Waals surface area contributed by atoms with E-state index in [-0.39, 0.29) is 35.1 Å². The number of rotatable bonds is 10. The smallest absolute Gasteiger partial charge is 0.312 e. The number of nitrogens with one attached hydrogen (secondary N) is 1. The summed E-state index contributed by atoms with van der Waals surface area (Å²) in [6.07, 6.45) is 3.64. The molecule has 2 aromatic heterocycles. The number of nitrogens with zero attached hydrogens (tertiary/aromatic N) is 6. The Morgan fingerprint density at radius 2 is 1.86 bits per heavy atom. The van der Waals surface area contributed by atoms with Gasteiger partial charge in [-0.1, -0.05) is 5.16 Å². The SMILES string of the molecule is C/C(=N\Oc1cc(NC(=O)CCCn2nc(C)c([N+](=O)[O-])c2C)cc([N+](=O)[O-])c1)c1ccncc1. The van der Waals surface area contributed by atoms with E-state index in [1.165, 1.54) is 22.9 Å². The molecule has 0 bridgehead atoms. The Balaban J connectivity index is 1.65. The van der Waals surface area contributed by atoms with Crippen LogP contribution in [0.2, 0.25) is 0 Å². The van der Waals surface area contributed by atoms with Crippen LogP contribution in [0.3, 0.4) is 0 Å². The average molecular weight is 481 g/mol.